The Labute approximate surface area is 189 Å². The number of anilines is 2. The molecule has 1 aliphatic carbocycles. The van der Waals surface area contributed by atoms with Gasteiger partial charge in [-0.3, -0.25) is 19.3 Å². The maximum absolute atomic E-state index is 13.4. The van der Waals surface area contributed by atoms with Crippen molar-refractivity contribution in [2.45, 2.75) is 37.4 Å². The number of benzene rings is 2. The maximum atomic E-state index is 13.4. The predicted molar refractivity (Wildman–Crippen MR) is 116 cm³/mol. The van der Waals surface area contributed by atoms with Crippen molar-refractivity contribution in [3.8, 4) is 0 Å². The minimum Gasteiger partial charge on any atom is -0.452 e. The van der Waals surface area contributed by atoms with Crippen LogP contribution in [0.15, 0.2) is 48.5 Å². The molecule has 2 aliphatic heterocycles. The summed E-state index contributed by atoms with van der Waals surface area (Å²) in [6, 6.07) is 13.1. The van der Waals surface area contributed by atoms with Gasteiger partial charge in [0.05, 0.1) is 11.3 Å². The summed E-state index contributed by atoms with van der Waals surface area (Å²) in [6.07, 6.45) is 1.74. The molecule has 32 heavy (non-hydrogen) atoms. The van der Waals surface area contributed by atoms with Crippen LogP contribution in [0, 0.1) is 0 Å². The number of fused-ring (bicyclic) bond motifs is 3. The molecule has 2 aromatic rings. The summed E-state index contributed by atoms with van der Waals surface area (Å²) in [5.41, 5.74) is -0.268. The number of carbonyl (C=O) groups excluding carboxylic acids is 4. The highest BCUT2D eigenvalue weighted by molar-refractivity contribution is 6.30. The van der Waals surface area contributed by atoms with E-state index in [1.807, 2.05) is 0 Å². The van der Waals surface area contributed by atoms with E-state index >= 15 is 0 Å². The van der Waals surface area contributed by atoms with Gasteiger partial charge in [0, 0.05) is 29.6 Å². The summed E-state index contributed by atoms with van der Waals surface area (Å²) in [7, 11) is 0. The second-order valence-corrected chi connectivity index (χ2v) is 8.54. The Hall–Kier alpha value is -3.39. The van der Waals surface area contributed by atoms with Crippen LogP contribution in [0.4, 0.5) is 11.4 Å². The molecule has 3 amide bonds. The van der Waals surface area contributed by atoms with Gasteiger partial charge in [0.15, 0.2) is 6.61 Å². The molecule has 0 aromatic heterocycles. The van der Waals surface area contributed by atoms with Gasteiger partial charge in [0.2, 0.25) is 11.6 Å². The van der Waals surface area contributed by atoms with Gasteiger partial charge < -0.3 is 15.0 Å². The number of esters is 1. The maximum Gasteiger partial charge on any atom is 0.354 e. The number of hydrogen-bond acceptors (Lipinski definition) is 5. The first-order chi connectivity index (χ1) is 15.4. The summed E-state index contributed by atoms with van der Waals surface area (Å²) in [5.74, 6) is -1.85. The number of para-hydroxylation sites is 1. The minimum absolute atomic E-state index is 0.108. The van der Waals surface area contributed by atoms with Crippen molar-refractivity contribution < 1.29 is 23.9 Å². The number of hydrogen-bond donors (Lipinski definition) is 1. The lowest BCUT2D eigenvalue weighted by molar-refractivity contribution is -0.159. The van der Waals surface area contributed by atoms with Crippen LogP contribution < -0.4 is 10.2 Å². The molecule has 164 valence electrons. The van der Waals surface area contributed by atoms with Gasteiger partial charge in [0.1, 0.15) is 0 Å². The second kappa shape index (κ2) is 7.63. The molecule has 2 heterocycles. The Morgan fingerprint density at radius 3 is 2.53 bits per heavy atom. The highest BCUT2D eigenvalue weighted by Crippen LogP contribution is 2.49. The van der Waals surface area contributed by atoms with Crippen LogP contribution in [0.2, 0.25) is 5.02 Å². The van der Waals surface area contributed by atoms with Crippen LogP contribution in [-0.2, 0) is 19.1 Å². The lowest BCUT2D eigenvalue weighted by Crippen LogP contribution is -2.69. The highest BCUT2D eigenvalue weighted by atomic mass is 35.5. The molecular weight excluding hydrogens is 434 g/mol. The van der Waals surface area contributed by atoms with Crippen LogP contribution in [0.25, 0.3) is 0 Å². The first-order valence-electron chi connectivity index (χ1n) is 10.4. The van der Waals surface area contributed by atoms with Crippen LogP contribution in [0.3, 0.4) is 0 Å². The summed E-state index contributed by atoms with van der Waals surface area (Å²) >= 11 is 5.85. The molecule has 1 saturated carbocycles. The fourth-order valence-electron chi connectivity index (χ4n) is 4.49. The molecule has 1 unspecified atom stereocenters. The molecule has 0 bridgehead atoms. The van der Waals surface area contributed by atoms with Crippen molar-refractivity contribution in [3.63, 3.8) is 0 Å². The number of nitrogens with zero attached hydrogens (tertiary/aromatic N) is 2. The topological polar surface area (TPSA) is 96.0 Å². The van der Waals surface area contributed by atoms with E-state index in [0.717, 1.165) is 12.8 Å². The van der Waals surface area contributed by atoms with Crippen molar-refractivity contribution in [1.29, 1.82) is 0 Å². The first kappa shape index (κ1) is 20.5. The van der Waals surface area contributed by atoms with E-state index in [4.69, 9.17) is 16.3 Å². The lowest BCUT2D eigenvalue weighted by Gasteiger charge is -2.48. The molecule has 1 atom stereocenters. The SMILES string of the molecule is O=C(COC(=O)C12CCC(=O)N1c1ccccc1C(=O)N2C1CC1)Nc1ccc(Cl)cc1. The number of halogens is 1. The predicted octanol–water partition coefficient (Wildman–Crippen LogP) is 2.96. The molecular formula is C23H20ClN3O5. The molecule has 1 saturated heterocycles. The number of carbonyl (C=O) groups is 4. The molecule has 5 rings (SSSR count). The van der Waals surface area contributed by atoms with E-state index in [-0.39, 0.29) is 30.7 Å². The Kier molecular flexibility index (Phi) is 4.89. The summed E-state index contributed by atoms with van der Waals surface area (Å²) in [4.78, 5) is 54.9. The van der Waals surface area contributed by atoms with Crippen LogP contribution >= 0.6 is 11.6 Å². The molecule has 1 N–H and O–H groups in total. The van der Waals surface area contributed by atoms with Gasteiger partial charge in [-0.05, 0) is 49.2 Å². The van der Waals surface area contributed by atoms with E-state index in [1.54, 1.807) is 48.5 Å². The Morgan fingerprint density at radius 2 is 1.81 bits per heavy atom. The average Bonchev–Trinajstić information content (AvgIpc) is 3.56. The molecule has 9 heteroatoms. The monoisotopic (exact) mass is 453 g/mol. The number of ether oxygens (including phenoxy) is 1. The van der Waals surface area contributed by atoms with Crippen molar-refractivity contribution in [3.05, 3.63) is 59.1 Å². The van der Waals surface area contributed by atoms with Crippen molar-refractivity contribution in [2.24, 2.45) is 0 Å². The normalized spacial score (nSPS) is 21.8. The highest BCUT2D eigenvalue weighted by Gasteiger charge is 2.64. The van der Waals surface area contributed by atoms with Crippen molar-refractivity contribution in [2.75, 3.05) is 16.8 Å². The Balaban J connectivity index is 1.41. The van der Waals surface area contributed by atoms with E-state index in [2.05, 4.69) is 5.32 Å². The van der Waals surface area contributed by atoms with Crippen molar-refractivity contribution in [1.82, 2.24) is 4.90 Å². The number of amides is 3. The Morgan fingerprint density at radius 1 is 1.09 bits per heavy atom. The molecule has 3 aliphatic rings. The van der Waals surface area contributed by atoms with Crippen molar-refractivity contribution >= 4 is 46.7 Å². The largest absolute Gasteiger partial charge is 0.452 e. The fourth-order valence-corrected chi connectivity index (χ4v) is 4.62. The third-order valence-corrected chi connectivity index (χ3v) is 6.25. The molecule has 2 fully saturated rings. The van der Waals surface area contributed by atoms with Crippen LogP contribution in [0.1, 0.15) is 36.0 Å². The quantitative estimate of drug-likeness (QED) is 0.702. The van der Waals surface area contributed by atoms with Gasteiger partial charge in [-0.1, -0.05) is 23.7 Å². The third kappa shape index (κ3) is 3.22. The number of nitrogens with one attached hydrogen (secondary N) is 1. The van der Waals surface area contributed by atoms with Crippen LogP contribution in [-0.4, -0.2) is 46.9 Å². The third-order valence-electron chi connectivity index (χ3n) is 6.00. The van der Waals surface area contributed by atoms with Gasteiger partial charge in [-0.2, -0.15) is 0 Å². The smallest absolute Gasteiger partial charge is 0.354 e. The standard InChI is InChI=1S/C23H20ClN3O5/c24-14-5-7-15(8-6-14)25-19(28)13-32-22(31)23-12-11-20(29)27(23)18-4-2-1-3-17(18)21(30)26(23)16-9-10-16/h1-8,16H,9-13H2,(H,25,28). The number of rotatable bonds is 5. The Bertz CT molecular complexity index is 1130. The van der Waals surface area contributed by atoms with E-state index in [9.17, 15) is 19.2 Å². The first-order valence-corrected chi connectivity index (χ1v) is 10.8. The van der Waals surface area contributed by atoms with Gasteiger partial charge in [-0.25, -0.2) is 4.79 Å². The lowest BCUT2D eigenvalue weighted by atomic mass is 9.96. The van der Waals surface area contributed by atoms with E-state index < -0.39 is 24.1 Å². The molecule has 2 aromatic carbocycles. The fraction of sp³-hybridized carbons (Fsp3) is 0.304. The zero-order valence-corrected chi connectivity index (χ0v) is 17.8. The van der Waals surface area contributed by atoms with Gasteiger partial charge >= 0.3 is 5.97 Å². The van der Waals surface area contributed by atoms with Gasteiger partial charge in [-0.15, -0.1) is 0 Å². The molecule has 8 nitrogen and oxygen atoms in total. The molecule has 0 spiro atoms. The van der Waals surface area contributed by atoms with Crippen LogP contribution in [0.5, 0.6) is 0 Å². The average molecular weight is 454 g/mol. The van der Waals surface area contributed by atoms with E-state index in [0.29, 0.717) is 22.0 Å². The van der Waals surface area contributed by atoms with Gasteiger partial charge in [0.25, 0.3) is 11.8 Å². The second-order valence-electron chi connectivity index (χ2n) is 8.10. The zero-order valence-electron chi connectivity index (χ0n) is 17.0. The zero-order chi connectivity index (χ0) is 22.5. The summed E-state index contributed by atoms with van der Waals surface area (Å²) in [6.45, 7) is -0.542. The van der Waals surface area contributed by atoms with E-state index in [1.165, 1.54) is 9.80 Å². The molecule has 0 radical (unpaired) electrons. The minimum atomic E-state index is -1.57. The summed E-state index contributed by atoms with van der Waals surface area (Å²) < 4.78 is 5.40. The summed E-state index contributed by atoms with van der Waals surface area (Å²) in [5, 5.41) is 3.16.